The summed E-state index contributed by atoms with van der Waals surface area (Å²) in [4.78, 5) is 15.8. The molecule has 4 heteroatoms. The number of benzene rings is 4. The fourth-order valence-electron chi connectivity index (χ4n) is 4.41. The average Bonchev–Trinajstić information content (AvgIpc) is 2.89. The molecule has 0 aliphatic carbocycles. The van der Waals surface area contributed by atoms with Crippen LogP contribution in [0.2, 0.25) is 5.02 Å². The van der Waals surface area contributed by atoms with Crippen LogP contribution >= 0.6 is 11.6 Å². The van der Waals surface area contributed by atoms with E-state index in [9.17, 15) is 9.90 Å². The lowest BCUT2D eigenvalue weighted by atomic mass is 9.82. The highest BCUT2D eigenvalue weighted by molar-refractivity contribution is 6.33. The normalized spacial score (nSPS) is 11.8. The number of hydrogen-bond acceptors (Lipinski definition) is 2. The van der Waals surface area contributed by atoms with Crippen LogP contribution in [0.5, 0.6) is 5.75 Å². The predicted octanol–water partition coefficient (Wildman–Crippen LogP) is 8.86. The van der Waals surface area contributed by atoms with Gasteiger partial charge < -0.3 is 10.0 Å². The summed E-state index contributed by atoms with van der Waals surface area (Å²) < 4.78 is 0. The zero-order chi connectivity index (χ0) is 26.0. The lowest BCUT2D eigenvalue weighted by molar-refractivity contribution is 0.0985. The highest BCUT2D eigenvalue weighted by atomic mass is 35.5. The van der Waals surface area contributed by atoms with Gasteiger partial charge in [0.05, 0.1) is 17.3 Å². The number of nitrogens with zero attached hydrogens (tertiary/aromatic N) is 1. The summed E-state index contributed by atoms with van der Waals surface area (Å²) in [6, 6.07) is 25.5. The Bertz CT molecular complexity index is 1370. The molecule has 0 fully saturated rings. The van der Waals surface area contributed by atoms with Gasteiger partial charge in [0.1, 0.15) is 5.75 Å². The molecule has 0 aromatic heterocycles. The molecule has 0 saturated heterocycles. The van der Waals surface area contributed by atoms with Crippen molar-refractivity contribution in [3.63, 3.8) is 0 Å². The Kier molecular flexibility index (Phi) is 7.42. The Morgan fingerprint density at radius 3 is 2.19 bits per heavy atom. The van der Waals surface area contributed by atoms with Crippen LogP contribution < -0.4 is 4.90 Å². The van der Waals surface area contributed by atoms with E-state index in [2.05, 4.69) is 71.0 Å². The number of amides is 1. The van der Waals surface area contributed by atoms with Gasteiger partial charge in [0.15, 0.2) is 0 Å². The molecule has 0 spiro atoms. The maximum Gasteiger partial charge on any atom is 0.258 e. The standard InChI is InChI=1S/C32H34ClNO2/c1-6-32(4,5)25-16-14-24(15-17-25)31(36)34(20-22-10-12-23(13-11-22)21(2)3)29-9-7-8-27-26(29)18-19-28(33)30(27)35/h7-19,21,35H,6,20H2,1-5H3. The van der Waals surface area contributed by atoms with E-state index in [1.807, 2.05) is 36.4 Å². The van der Waals surface area contributed by atoms with E-state index in [0.717, 1.165) is 23.1 Å². The molecule has 0 radical (unpaired) electrons. The number of carbonyl (C=O) groups excluding carboxylic acids is 1. The van der Waals surface area contributed by atoms with E-state index in [-0.39, 0.29) is 22.1 Å². The number of aromatic hydroxyl groups is 1. The Morgan fingerprint density at radius 1 is 0.917 bits per heavy atom. The molecule has 0 heterocycles. The molecule has 0 unspecified atom stereocenters. The molecule has 4 aromatic rings. The summed E-state index contributed by atoms with van der Waals surface area (Å²) in [7, 11) is 0. The smallest absolute Gasteiger partial charge is 0.258 e. The van der Waals surface area contributed by atoms with Gasteiger partial charge in [-0.3, -0.25) is 4.79 Å². The molecule has 1 N–H and O–H groups in total. The van der Waals surface area contributed by atoms with Gasteiger partial charge in [-0.25, -0.2) is 0 Å². The molecular weight excluding hydrogens is 466 g/mol. The average molecular weight is 500 g/mol. The van der Waals surface area contributed by atoms with Crippen LogP contribution in [0.3, 0.4) is 0 Å². The minimum absolute atomic E-state index is 0.0239. The Hall–Kier alpha value is -3.30. The van der Waals surface area contributed by atoms with Crippen molar-refractivity contribution in [2.75, 3.05) is 4.90 Å². The van der Waals surface area contributed by atoms with Crippen LogP contribution in [0.25, 0.3) is 10.8 Å². The molecule has 0 atom stereocenters. The maximum atomic E-state index is 14.0. The van der Waals surface area contributed by atoms with Crippen LogP contribution in [-0.2, 0) is 12.0 Å². The second-order valence-corrected chi connectivity index (χ2v) is 10.8. The molecule has 4 rings (SSSR count). The van der Waals surface area contributed by atoms with Crippen molar-refractivity contribution >= 4 is 34.0 Å². The van der Waals surface area contributed by atoms with E-state index in [1.54, 1.807) is 11.0 Å². The summed E-state index contributed by atoms with van der Waals surface area (Å²) in [5.41, 5.74) is 4.91. The van der Waals surface area contributed by atoms with Crippen molar-refractivity contribution in [3.05, 3.63) is 106 Å². The van der Waals surface area contributed by atoms with Crippen molar-refractivity contribution in [2.24, 2.45) is 0 Å². The number of carbonyl (C=O) groups is 1. The molecular formula is C32H34ClNO2. The number of rotatable bonds is 7. The minimum Gasteiger partial charge on any atom is -0.506 e. The number of hydrogen-bond donors (Lipinski definition) is 1. The van der Waals surface area contributed by atoms with Gasteiger partial charge in [-0.1, -0.05) is 101 Å². The summed E-state index contributed by atoms with van der Waals surface area (Å²) in [6.45, 7) is 11.3. The zero-order valence-corrected chi connectivity index (χ0v) is 22.4. The summed E-state index contributed by atoms with van der Waals surface area (Å²) in [6.07, 6.45) is 1.01. The Labute approximate surface area is 219 Å². The SMILES string of the molecule is CCC(C)(C)c1ccc(C(=O)N(Cc2ccc(C(C)C)cc2)c2cccc3c(O)c(Cl)ccc23)cc1. The molecule has 0 aliphatic rings. The first kappa shape index (κ1) is 25.8. The monoisotopic (exact) mass is 499 g/mol. The van der Waals surface area contributed by atoms with Gasteiger partial charge in [-0.15, -0.1) is 0 Å². The second-order valence-electron chi connectivity index (χ2n) is 10.4. The molecule has 4 aromatic carbocycles. The van der Waals surface area contributed by atoms with Crippen molar-refractivity contribution in [2.45, 2.75) is 58.9 Å². The molecule has 0 bridgehead atoms. The van der Waals surface area contributed by atoms with Crippen molar-refractivity contribution < 1.29 is 9.90 Å². The largest absolute Gasteiger partial charge is 0.506 e. The summed E-state index contributed by atoms with van der Waals surface area (Å²) in [5, 5.41) is 12.3. The number of fused-ring (bicyclic) bond motifs is 1. The maximum absolute atomic E-state index is 14.0. The molecule has 0 saturated carbocycles. The quantitative estimate of drug-likeness (QED) is 0.276. The lowest BCUT2D eigenvalue weighted by Gasteiger charge is -2.26. The highest BCUT2D eigenvalue weighted by Crippen LogP contribution is 2.38. The van der Waals surface area contributed by atoms with Gasteiger partial charge in [0, 0.05) is 16.3 Å². The minimum atomic E-state index is -0.0919. The number of halogens is 1. The molecule has 36 heavy (non-hydrogen) atoms. The molecule has 0 aliphatic heterocycles. The Balaban J connectivity index is 1.79. The van der Waals surface area contributed by atoms with Gasteiger partial charge in [-0.05, 0) is 58.7 Å². The first-order valence-electron chi connectivity index (χ1n) is 12.5. The van der Waals surface area contributed by atoms with Crippen molar-refractivity contribution in [1.82, 2.24) is 0 Å². The van der Waals surface area contributed by atoms with E-state index >= 15 is 0 Å². The third-order valence-corrected chi connectivity index (χ3v) is 7.59. The molecule has 3 nitrogen and oxygen atoms in total. The predicted molar refractivity (Wildman–Crippen MR) is 151 cm³/mol. The van der Waals surface area contributed by atoms with Crippen LogP contribution in [0.15, 0.2) is 78.9 Å². The third-order valence-electron chi connectivity index (χ3n) is 7.28. The van der Waals surface area contributed by atoms with E-state index in [1.165, 1.54) is 11.1 Å². The van der Waals surface area contributed by atoms with Crippen molar-refractivity contribution in [1.29, 1.82) is 0 Å². The topological polar surface area (TPSA) is 40.5 Å². The molecule has 1 amide bonds. The lowest BCUT2D eigenvalue weighted by Crippen LogP contribution is -2.30. The number of anilines is 1. The third kappa shape index (κ3) is 5.12. The van der Waals surface area contributed by atoms with Crippen LogP contribution in [0, 0.1) is 0 Å². The fraction of sp³-hybridized carbons (Fsp3) is 0.281. The van der Waals surface area contributed by atoms with Gasteiger partial charge in [0.2, 0.25) is 0 Å². The van der Waals surface area contributed by atoms with E-state index in [0.29, 0.717) is 23.4 Å². The van der Waals surface area contributed by atoms with Crippen molar-refractivity contribution in [3.8, 4) is 5.75 Å². The van der Waals surface area contributed by atoms with Gasteiger partial charge in [0.25, 0.3) is 5.91 Å². The van der Waals surface area contributed by atoms with E-state index < -0.39 is 0 Å². The number of phenols is 1. The highest BCUT2D eigenvalue weighted by Gasteiger charge is 2.23. The number of phenolic OH excluding ortho intramolecular Hbond substituents is 1. The first-order chi connectivity index (χ1) is 17.1. The van der Waals surface area contributed by atoms with Gasteiger partial charge >= 0.3 is 0 Å². The first-order valence-corrected chi connectivity index (χ1v) is 12.9. The fourth-order valence-corrected chi connectivity index (χ4v) is 4.58. The van der Waals surface area contributed by atoms with Crippen LogP contribution in [-0.4, -0.2) is 11.0 Å². The van der Waals surface area contributed by atoms with Crippen LogP contribution in [0.4, 0.5) is 5.69 Å². The molecule has 186 valence electrons. The zero-order valence-electron chi connectivity index (χ0n) is 21.7. The van der Waals surface area contributed by atoms with E-state index in [4.69, 9.17) is 11.6 Å². The Morgan fingerprint density at radius 2 is 1.58 bits per heavy atom. The summed E-state index contributed by atoms with van der Waals surface area (Å²) >= 11 is 6.18. The van der Waals surface area contributed by atoms with Gasteiger partial charge in [-0.2, -0.15) is 0 Å². The second kappa shape index (κ2) is 10.4. The van der Waals surface area contributed by atoms with Crippen LogP contribution in [0.1, 0.15) is 74.0 Å². The summed E-state index contributed by atoms with van der Waals surface area (Å²) in [5.74, 6) is 0.370.